The predicted octanol–water partition coefficient (Wildman–Crippen LogP) is 5.43. The molecule has 0 amide bonds. The fraction of sp³-hybridized carbons (Fsp3) is 0.793. The average molecular weight is 517 g/mol. The first-order chi connectivity index (χ1) is 16.7. The van der Waals surface area contributed by atoms with E-state index in [1.54, 1.807) is 0 Å². The van der Waals surface area contributed by atoms with Gasteiger partial charge in [0.15, 0.2) is 6.10 Å². The van der Waals surface area contributed by atoms with Crippen LogP contribution in [0.1, 0.15) is 112 Å². The molecule has 1 atom stereocenters. The molecule has 0 N–H and O–H groups in total. The van der Waals surface area contributed by atoms with Crippen molar-refractivity contribution in [2.45, 2.75) is 132 Å². The molecule has 37 heavy (non-hydrogen) atoms. The number of nitrogens with zero attached hydrogens (tertiary/aromatic N) is 2. The summed E-state index contributed by atoms with van der Waals surface area (Å²) in [4.78, 5) is 20.9. The van der Waals surface area contributed by atoms with Crippen LogP contribution in [0.15, 0.2) is 0 Å². The fourth-order valence-corrected chi connectivity index (χ4v) is 4.97. The van der Waals surface area contributed by atoms with Crippen LogP contribution < -0.4 is 10.4 Å². The molecule has 2 saturated heterocycles. The van der Waals surface area contributed by atoms with Crippen LogP contribution in [0.3, 0.4) is 0 Å². The quantitative estimate of drug-likeness (QED) is 0.369. The molecule has 0 radical (unpaired) electrons. The lowest BCUT2D eigenvalue weighted by Crippen LogP contribution is -2.47. The third-order valence-corrected chi connectivity index (χ3v) is 7.85. The smallest absolute Gasteiger partial charge is 0.461 e. The molecule has 1 aromatic heterocycles. The van der Waals surface area contributed by atoms with Crippen LogP contribution >= 0.6 is 0 Å². The zero-order valence-electron chi connectivity index (χ0n) is 25.5. The zero-order valence-corrected chi connectivity index (χ0v) is 25.5. The van der Waals surface area contributed by atoms with Crippen molar-refractivity contribution < 1.29 is 23.6 Å². The first-order valence-corrected chi connectivity index (χ1v) is 13.7. The normalized spacial score (nSPS) is 21.9. The van der Waals surface area contributed by atoms with Crippen LogP contribution in [0.2, 0.25) is 0 Å². The summed E-state index contributed by atoms with van der Waals surface area (Å²) < 4.78 is 25.3. The third-order valence-electron chi connectivity index (χ3n) is 7.85. The third kappa shape index (κ3) is 6.51. The van der Waals surface area contributed by atoms with E-state index in [0.717, 1.165) is 54.0 Å². The minimum atomic E-state index is -0.929. The highest BCUT2D eigenvalue weighted by atomic mass is 16.7. The predicted molar refractivity (Wildman–Crippen MR) is 149 cm³/mol. The number of piperidine rings is 1. The maximum atomic E-state index is 13.6. The van der Waals surface area contributed by atoms with E-state index in [-0.39, 0.29) is 11.5 Å². The number of carbonyl (C=O) groups is 1. The molecule has 3 heterocycles. The van der Waals surface area contributed by atoms with E-state index >= 15 is 0 Å². The van der Waals surface area contributed by atoms with Crippen molar-refractivity contribution in [3.63, 3.8) is 0 Å². The summed E-state index contributed by atoms with van der Waals surface area (Å²) in [6.07, 6.45) is 0.883. The number of aryl methyl sites for hydroxylation is 2. The first-order valence-electron chi connectivity index (χ1n) is 13.7. The molecular weight excluding hydrogens is 467 g/mol. The summed E-state index contributed by atoms with van der Waals surface area (Å²) in [5, 5.41) is 0. The monoisotopic (exact) mass is 516 g/mol. The summed E-state index contributed by atoms with van der Waals surface area (Å²) in [5.41, 5.74) is 2.82. The minimum absolute atomic E-state index is 0.260. The van der Waals surface area contributed by atoms with Crippen molar-refractivity contribution in [1.29, 1.82) is 0 Å². The number of anilines is 1. The van der Waals surface area contributed by atoms with Crippen LogP contribution in [0.4, 0.5) is 5.69 Å². The van der Waals surface area contributed by atoms with Crippen molar-refractivity contribution >= 4 is 24.2 Å². The Morgan fingerprint density at radius 1 is 0.973 bits per heavy atom. The SMILES string of the molecule is Cc1nc(C)c([C@H](OC(C)(C)C)C(=O)OC(C)C)c(N2CCC(C)(C)CC2)c1B1OC(C)(C)C(C)(C)O1. The number of hydrogen-bond donors (Lipinski definition) is 0. The molecule has 2 aliphatic rings. The second kappa shape index (κ2) is 10.2. The van der Waals surface area contributed by atoms with E-state index in [0.29, 0.717) is 0 Å². The molecule has 0 aliphatic carbocycles. The number of hydrogen-bond acceptors (Lipinski definition) is 7. The highest BCUT2D eigenvalue weighted by Crippen LogP contribution is 2.42. The Bertz CT molecular complexity index is 987. The summed E-state index contributed by atoms with van der Waals surface area (Å²) in [6, 6.07) is 0. The van der Waals surface area contributed by atoms with Crippen molar-refractivity contribution in [2.24, 2.45) is 5.41 Å². The number of carbonyl (C=O) groups excluding carboxylic acids is 1. The molecule has 2 fully saturated rings. The van der Waals surface area contributed by atoms with E-state index in [2.05, 4.69) is 46.4 Å². The largest absolute Gasteiger partial charge is 0.498 e. The van der Waals surface area contributed by atoms with Gasteiger partial charge in [-0.3, -0.25) is 4.98 Å². The molecular formula is C29H49BN2O5. The second-order valence-corrected chi connectivity index (χ2v) is 13.8. The van der Waals surface area contributed by atoms with Gasteiger partial charge < -0.3 is 23.7 Å². The Hall–Kier alpha value is -1.64. The van der Waals surface area contributed by atoms with E-state index < -0.39 is 36.0 Å². The van der Waals surface area contributed by atoms with Gasteiger partial charge in [0.25, 0.3) is 0 Å². The van der Waals surface area contributed by atoms with Crippen molar-refractivity contribution in [3.05, 3.63) is 17.0 Å². The summed E-state index contributed by atoms with van der Waals surface area (Å²) in [7, 11) is -0.613. The number of rotatable bonds is 6. The van der Waals surface area contributed by atoms with Crippen molar-refractivity contribution in [3.8, 4) is 0 Å². The molecule has 0 spiro atoms. The maximum absolute atomic E-state index is 13.6. The molecule has 208 valence electrons. The van der Waals surface area contributed by atoms with Crippen LogP contribution in [-0.4, -0.2) is 54.1 Å². The van der Waals surface area contributed by atoms with Gasteiger partial charge in [0.2, 0.25) is 0 Å². The van der Waals surface area contributed by atoms with Gasteiger partial charge in [0, 0.05) is 41.2 Å². The average Bonchev–Trinajstić information content (AvgIpc) is 2.91. The standard InChI is InChI=1S/C29H49BN2O5/c1-18(2)34-25(33)24(35-26(5,6)7)21-19(3)31-20(4)22(30-36-28(10,11)29(12,13)37-30)23(21)32-16-14-27(8,9)15-17-32/h18,24H,14-17H2,1-13H3/t24-/m0/s1. The van der Waals surface area contributed by atoms with Crippen LogP contribution in [0, 0.1) is 19.3 Å². The summed E-state index contributed by atoms with van der Waals surface area (Å²) in [6.45, 7) is 28.1. The molecule has 1 aromatic rings. The minimum Gasteiger partial charge on any atom is -0.461 e. The van der Waals surface area contributed by atoms with Gasteiger partial charge in [-0.2, -0.15) is 0 Å². The number of aromatic nitrogens is 1. The fourth-order valence-electron chi connectivity index (χ4n) is 4.97. The Kier molecular flexibility index (Phi) is 8.21. The van der Waals surface area contributed by atoms with Gasteiger partial charge in [-0.25, -0.2) is 4.79 Å². The maximum Gasteiger partial charge on any atom is 0.498 e. The molecule has 3 rings (SSSR count). The highest BCUT2D eigenvalue weighted by Gasteiger charge is 2.54. The Labute approximate surface area is 225 Å². The Morgan fingerprint density at radius 3 is 1.95 bits per heavy atom. The van der Waals surface area contributed by atoms with Gasteiger partial charge in [0.1, 0.15) is 0 Å². The second-order valence-electron chi connectivity index (χ2n) is 13.8. The van der Waals surface area contributed by atoms with Gasteiger partial charge in [-0.1, -0.05) is 13.8 Å². The molecule has 0 aromatic carbocycles. The number of esters is 1. The van der Waals surface area contributed by atoms with Crippen LogP contribution in [-0.2, 0) is 23.6 Å². The van der Waals surface area contributed by atoms with Gasteiger partial charge in [-0.15, -0.1) is 0 Å². The number of ether oxygens (including phenoxy) is 2. The van der Waals surface area contributed by atoms with E-state index in [1.807, 2.05) is 48.5 Å². The van der Waals surface area contributed by atoms with E-state index in [4.69, 9.17) is 23.8 Å². The van der Waals surface area contributed by atoms with E-state index in [1.165, 1.54) is 0 Å². The molecule has 7 nitrogen and oxygen atoms in total. The Morgan fingerprint density at radius 2 is 1.49 bits per heavy atom. The lowest BCUT2D eigenvalue weighted by Gasteiger charge is -2.41. The van der Waals surface area contributed by atoms with Crippen molar-refractivity contribution in [2.75, 3.05) is 18.0 Å². The van der Waals surface area contributed by atoms with Gasteiger partial charge in [-0.05, 0) is 94.4 Å². The molecule has 2 aliphatic heterocycles. The lowest BCUT2D eigenvalue weighted by molar-refractivity contribution is -0.171. The van der Waals surface area contributed by atoms with Crippen LogP contribution in [0.25, 0.3) is 0 Å². The Balaban J connectivity index is 2.27. The summed E-state index contributed by atoms with van der Waals surface area (Å²) >= 11 is 0. The van der Waals surface area contributed by atoms with Gasteiger partial charge >= 0.3 is 13.1 Å². The number of pyridine rings is 1. The first kappa shape index (κ1) is 29.9. The molecule has 0 unspecified atom stereocenters. The lowest BCUT2D eigenvalue weighted by atomic mass is 9.73. The topological polar surface area (TPSA) is 70.1 Å². The van der Waals surface area contributed by atoms with Crippen molar-refractivity contribution in [1.82, 2.24) is 4.98 Å². The van der Waals surface area contributed by atoms with Crippen LogP contribution in [0.5, 0.6) is 0 Å². The van der Waals surface area contributed by atoms with Gasteiger partial charge in [0.05, 0.1) is 22.9 Å². The molecule has 0 bridgehead atoms. The summed E-state index contributed by atoms with van der Waals surface area (Å²) in [5.74, 6) is -0.405. The molecule has 0 saturated carbocycles. The molecule has 8 heteroatoms. The highest BCUT2D eigenvalue weighted by molar-refractivity contribution is 6.64. The van der Waals surface area contributed by atoms with E-state index in [9.17, 15) is 4.79 Å². The zero-order chi connectivity index (χ0) is 28.1.